The molecule has 1 aliphatic heterocycles. The van der Waals surface area contributed by atoms with E-state index in [0.29, 0.717) is 12.0 Å². The Morgan fingerprint density at radius 1 is 1.28 bits per heavy atom. The van der Waals surface area contributed by atoms with E-state index in [2.05, 4.69) is 24.1 Å². The summed E-state index contributed by atoms with van der Waals surface area (Å²) in [7, 11) is 0. The SMILES string of the molecule is CC(C)CN(CC1CCCN1)CC1(O)CCCC1. The van der Waals surface area contributed by atoms with Gasteiger partial charge in [-0.1, -0.05) is 26.7 Å². The summed E-state index contributed by atoms with van der Waals surface area (Å²) in [4.78, 5) is 2.50. The second-order valence-electron chi connectivity index (χ2n) is 6.81. The predicted octanol–water partition coefficient (Wildman–Crippen LogP) is 2.00. The molecule has 0 spiro atoms. The Morgan fingerprint density at radius 3 is 2.56 bits per heavy atom. The summed E-state index contributed by atoms with van der Waals surface area (Å²) in [5.41, 5.74) is -0.395. The van der Waals surface area contributed by atoms with Gasteiger partial charge in [0.1, 0.15) is 0 Å². The van der Waals surface area contributed by atoms with E-state index in [0.717, 1.165) is 32.5 Å². The lowest BCUT2D eigenvalue weighted by Gasteiger charge is -2.34. The minimum absolute atomic E-state index is 0.395. The summed E-state index contributed by atoms with van der Waals surface area (Å²) >= 11 is 0. The maximum Gasteiger partial charge on any atom is 0.0774 e. The highest BCUT2D eigenvalue weighted by atomic mass is 16.3. The summed E-state index contributed by atoms with van der Waals surface area (Å²) in [5, 5.41) is 14.2. The molecule has 3 heteroatoms. The van der Waals surface area contributed by atoms with E-state index in [4.69, 9.17) is 0 Å². The van der Waals surface area contributed by atoms with E-state index in [1.54, 1.807) is 0 Å². The first-order valence-corrected chi connectivity index (χ1v) is 7.75. The molecule has 1 saturated heterocycles. The Balaban J connectivity index is 1.86. The minimum atomic E-state index is -0.395. The van der Waals surface area contributed by atoms with Crippen LogP contribution in [0.1, 0.15) is 52.4 Å². The van der Waals surface area contributed by atoms with Crippen molar-refractivity contribution in [1.29, 1.82) is 0 Å². The van der Waals surface area contributed by atoms with Gasteiger partial charge in [-0.3, -0.25) is 4.90 Å². The van der Waals surface area contributed by atoms with Gasteiger partial charge in [-0.25, -0.2) is 0 Å². The van der Waals surface area contributed by atoms with E-state index >= 15 is 0 Å². The highest BCUT2D eigenvalue weighted by molar-refractivity contribution is 4.89. The van der Waals surface area contributed by atoms with Gasteiger partial charge in [0.15, 0.2) is 0 Å². The van der Waals surface area contributed by atoms with E-state index < -0.39 is 5.60 Å². The lowest BCUT2D eigenvalue weighted by Crippen LogP contribution is -2.47. The van der Waals surface area contributed by atoms with Crippen LogP contribution in [0.25, 0.3) is 0 Å². The number of hydrogen-bond acceptors (Lipinski definition) is 3. The van der Waals surface area contributed by atoms with Gasteiger partial charge in [0.05, 0.1) is 5.60 Å². The molecule has 106 valence electrons. The number of nitrogens with one attached hydrogen (secondary N) is 1. The molecule has 0 aromatic heterocycles. The third kappa shape index (κ3) is 4.22. The Kier molecular flexibility index (Phi) is 5.05. The Hall–Kier alpha value is -0.120. The standard InChI is InChI=1S/C15H30N2O/c1-13(2)10-17(11-14-6-5-9-16-14)12-15(18)7-3-4-8-15/h13-14,16,18H,3-12H2,1-2H3. The van der Waals surface area contributed by atoms with E-state index in [1.165, 1.54) is 32.2 Å². The average molecular weight is 254 g/mol. The van der Waals surface area contributed by atoms with Crippen molar-refractivity contribution in [1.82, 2.24) is 10.2 Å². The first kappa shape index (κ1) is 14.3. The first-order chi connectivity index (χ1) is 8.57. The second-order valence-corrected chi connectivity index (χ2v) is 6.81. The quantitative estimate of drug-likeness (QED) is 0.761. The van der Waals surface area contributed by atoms with Crippen molar-refractivity contribution in [2.45, 2.75) is 64.0 Å². The molecule has 1 aliphatic carbocycles. The van der Waals surface area contributed by atoms with Crippen LogP contribution in [0.5, 0.6) is 0 Å². The van der Waals surface area contributed by atoms with Crippen LogP contribution in [0.3, 0.4) is 0 Å². The molecule has 1 saturated carbocycles. The lowest BCUT2D eigenvalue weighted by molar-refractivity contribution is 0.00442. The molecule has 2 aliphatic rings. The molecule has 2 N–H and O–H groups in total. The fourth-order valence-corrected chi connectivity index (χ4v) is 3.55. The molecule has 2 rings (SSSR count). The number of hydrogen-bond donors (Lipinski definition) is 2. The monoisotopic (exact) mass is 254 g/mol. The van der Waals surface area contributed by atoms with Crippen molar-refractivity contribution in [3.8, 4) is 0 Å². The molecule has 0 radical (unpaired) electrons. The Bertz CT molecular complexity index is 243. The van der Waals surface area contributed by atoms with Crippen molar-refractivity contribution in [2.75, 3.05) is 26.2 Å². The molecule has 0 bridgehead atoms. The van der Waals surface area contributed by atoms with Crippen molar-refractivity contribution >= 4 is 0 Å². The minimum Gasteiger partial charge on any atom is -0.389 e. The summed E-state index contributed by atoms with van der Waals surface area (Å²) in [6, 6.07) is 0.647. The van der Waals surface area contributed by atoms with Crippen LogP contribution in [0.15, 0.2) is 0 Å². The van der Waals surface area contributed by atoms with Crippen molar-refractivity contribution in [3.63, 3.8) is 0 Å². The lowest BCUT2D eigenvalue weighted by atomic mass is 10.0. The van der Waals surface area contributed by atoms with E-state index in [-0.39, 0.29) is 0 Å². The Labute approximate surface area is 112 Å². The van der Waals surface area contributed by atoms with Crippen LogP contribution in [-0.2, 0) is 0 Å². The summed E-state index contributed by atoms with van der Waals surface area (Å²) in [5.74, 6) is 0.677. The number of aliphatic hydroxyl groups is 1. The maximum atomic E-state index is 10.6. The highest BCUT2D eigenvalue weighted by Gasteiger charge is 2.33. The molecule has 1 atom stereocenters. The van der Waals surface area contributed by atoms with Crippen molar-refractivity contribution < 1.29 is 5.11 Å². The molecule has 1 heterocycles. The third-order valence-electron chi connectivity index (χ3n) is 4.32. The molecule has 1 unspecified atom stereocenters. The summed E-state index contributed by atoms with van der Waals surface area (Å²) in [6.45, 7) is 8.82. The van der Waals surface area contributed by atoms with Gasteiger partial charge < -0.3 is 10.4 Å². The van der Waals surface area contributed by atoms with E-state index in [1.807, 2.05) is 0 Å². The normalized spacial score (nSPS) is 27.5. The van der Waals surface area contributed by atoms with Crippen LogP contribution in [-0.4, -0.2) is 47.8 Å². The van der Waals surface area contributed by atoms with Gasteiger partial charge in [-0.2, -0.15) is 0 Å². The predicted molar refractivity (Wildman–Crippen MR) is 75.7 cm³/mol. The first-order valence-electron chi connectivity index (χ1n) is 7.75. The smallest absolute Gasteiger partial charge is 0.0774 e. The topological polar surface area (TPSA) is 35.5 Å². The van der Waals surface area contributed by atoms with Crippen molar-refractivity contribution in [3.05, 3.63) is 0 Å². The summed E-state index contributed by atoms with van der Waals surface area (Å²) in [6.07, 6.45) is 7.01. The van der Waals surface area contributed by atoms with Crippen LogP contribution in [0.2, 0.25) is 0 Å². The van der Waals surface area contributed by atoms with Gasteiger partial charge in [-0.05, 0) is 38.1 Å². The van der Waals surface area contributed by atoms with Gasteiger partial charge in [-0.15, -0.1) is 0 Å². The molecule has 3 nitrogen and oxygen atoms in total. The van der Waals surface area contributed by atoms with Crippen LogP contribution >= 0.6 is 0 Å². The van der Waals surface area contributed by atoms with Gasteiger partial charge >= 0.3 is 0 Å². The molecule has 2 fully saturated rings. The second kappa shape index (κ2) is 6.36. The maximum absolute atomic E-state index is 10.6. The van der Waals surface area contributed by atoms with E-state index in [9.17, 15) is 5.11 Å². The van der Waals surface area contributed by atoms with Gasteiger partial charge in [0, 0.05) is 25.7 Å². The Morgan fingerprint density at radius 2 is 2.00 bits per heavy atom. The molecule has 0 amide bonds. The summed E-state index contributed by atoms with van der Waals surface area (Å²) < 4.78 is 0. The van der Waals surface area contributed by atoms with Gasteiger partial charge in [0.25, 0.3) is 0 Å². The zero-order valence-corrected chi connectivity index (χ0v) is 12.1. The molecule has 0 aromatic rings. The third-order valence-corrected chi connectivity index (χ3v) is 4.32. The zero-order chi connectivity index (χ0) is 13.0. The van der Waals surface area contributed by atoms with Crippen LogP contribution in [0.4, 0.5) is 0 Å². The highest BCUT2D eigenvalue weighted by Crippen LogP contribution is 2.30. The molecule has 18 heavy (non-hydrogen) atoms. The fourth-order valence-electron chi connectivity index (χ4n) is 3.55. The van der Waals surface area contributed by atoms with Crippen molar-refractivity contribution in [2.24, 2.45) is 5.92 Å². The number of nitrogens with zero attached hydrogens (tertiary/aromatic N) is 1. The van der Waals surface area contributed by atoms with Crippen LogP contribution in [0, 0.1) is 5.92 Å². The fraction of sp³-hybridized carbons (Fsp3) is 1.00. The molecular weight excluding hydrogens is 224 g/mol. The largest absolute Gasteiger partial charge is 0.389 e. The van der Waals surface area contributed by atoms with Gasteiger partial charge in [0.2, 0.25) is 0 Å². The van der Waals surface area contributed by atoms with Crippen LogP contribution < -0.4 is 5.32 Å². The molecular formula is C15H30N2O. The number of rotatable bonds is 6. The molecule has 0 aromatic carbocycles. The average Bonchev–Trinajstić information content (AvgIpc) is 2.89. The zero-order valence-electron chi connectivity index (χ0n) is 12.1.